The van der Waals surface area contributed by atoms with Crippen LogP contribution in [-0.2, 0) is 22.6 Å². The monoisotopic (exact) mass is 377 g/mol. The van der Waals surface area contributed by atoms with Gasteiger partial charge in [0.1, 0.15) is 6.04 Å². The van der Waals surface area contributed by atoms with Crippen molar-refractivity contribution in [2.45, 2.75) is 37.6 Å². The van der Waals surface area contributed by atoms with Gasteiger partial charge in [-0.15, -0.1) is 11.8 Å². The van der Waals surface area contributed by atoms with Gasteiger partial charge < -0.3 is 15.2 Å². The number of hydrogen-bond acceptors (Lipinski definition) is 3. The summed E-state index contributed by atoms with van der Waals surface area (Å²) in [5, 5.41) is 4.66. The number of nitrogens with zero attached hydrogens (tertiary/aromatic N) is 1. The minimum absolute atomic E-state index is 0.00150. The van der Waals surface area contributed by atoms with E-state index in [1.807, 2.05) is 36.9 Å². The fourth-order valence-corrected chi connectivity index (χ4v) is 4.70. The summed E-state index contributed by atoms with van der Waals surface area (Å²) in [5.74, 6) is 0.540. The van der Waals surface area contributed by atoms with Crippen LogP contribution in [0.4, 0.5) is 0 Å². The number of nitrogens with one attached hydrogen (secondary N) is 2. The standard InChI is InChI=1S/C18H20ClN3O2S/c1-18(2)17(24)21-14(9-25-18)16(23)22-7-6-13-11(8-22)10-4-3-5-12(19)15(10)20-13/h3-5,14,20H,6-9H2,1-2H3,(H,21,24)/t14-/m0/s1. The number of hydrogen-bond donors (Lipinski definition) is 2. The molecule has 4 rings (SSSR count). The van der Waals surface area contributed by atoms with Gasteiger partial charge in [0.25, 0.3) is 0 Å². The first-order valence-electron chi connectivity index (χ1n) is 8.38. The Morgan fingerprint density at radius 1 is 1.40 bits per heavy atom. The third kappa shape index (κ3) is 2.81. The van der Waals surface area contributed by atoms with E-state index in [0.29, 0.717) is 23.9 Å². The van der Waals surface area contributed by atoms with E-state index in [9.17, 15) is 9.59 Å². The van der Waals surface area contributed by atoms with Crippen molar-refractivity contribution in [1.29, 1.82) is 0 Å². The summed E-state index contributed by atoms with van der Waals surface area (Å²) in [5.41, 5.74) is 3.22. The number of aromatic nitrogens is 1. The summed E-state index contributed by atoms with van der Waals surface area (Å²) in [7, 11) is 0. The molecule has 1 aromatic heterocycles. The second-order valence-corrected chi connectivity index (χ2v) is 9.15. The lowest BCUT2D eigenvalue weighted by atomic mass is 10.0. The SMILES string of the molecule is CC1(C)SC[C@@H](C(=O)N2CCc3[nH]c4c(Cl)cccc4c3C2)NC1=O. The van der Waals surface area contributed by atoms with E-state index < -0.39 is 10.8 Å². The first-order valence-corrected chi connectivity index (χ1v) is 9.75. The van der Waals surface area contributed by atoms with Crippen LogP contribution in [0.15, 0.2) is 18.2 Å². The highest BCUT2D eigenvalue weighted by molar-refractivity contribution is 8.01. The molecule has 5 nitrogen and oxygen atoms in total. The van der Waals surface area contributed by atoms with Gasteiger partial charge in [-0.25, -0.2) is 0 Å². The Morgan fingerprint density at radius 3 is 2.96 bits per heavy atom. The van der Waals surface area contributed by atoms with Gasteiger partial charge in [-0.05, 0) is 19.9 Å². The minimum Gasteiger partial charge on any atom is -0.357 e. The van der Waals surface area contributed by atoms with E-state index in [0.717, 1.165) is 28.6 Å². The van der Waals surface area contributed by atoms with E-state index in [4.69, 9.17) is 11.6 Å². The predicted molar refractivity (Wildman–Crippen MR) is 101 cm³/mol. The van der Waals surface area contributed by atoms with Crippen LogP contribution >= 0.6 is 23.4 Å². The molecule has 2 aliphatic heterocycles. The zero-order chi connectivity index (χ0) is 17.8. The molecule has 1 atom stereocenters. The van der Waals surface area contributed by atoms with Crippen LogP contribution in [0.5, 0.6) is 0 Å². The molecule has 1 fully saturated rings. The molecule has 1 aromatic carbocycles. The number of fused-ring (bicyclic) bond motifs is 3. The number of halogens is 1. The molecule has 25 heavy (non-hydrogen) atoms. The molecule has 2 aliphatic rings. The lowest BCUT2D eigenvalue weighted by Gasteiger charge is -2.36. The van der Waals surface area contributed by atoms with Crippen molar-refractivity contribution >= 4 is 46.1 Å². The molecule has 0 spiro atoms. The fourth-order valence-electron chi connectivity index (χ4n) is 3.47. The maximum atomic E-state index is 12.9. The van der Waals surface area contributed by atoms with Crippen LogP contribution in [0.3, 0.4) is 0 Å². The molecule has 2 N–H and O–H groups in total. The molecule has 0 unspecified atom stereocenters. The van der Waals surface area contributed by atoms with Gasteiger partial charge in [0.2, 0.25) is 11.8 Å². The predicted octanol–water partition coefficient (Wildman–Crippen LogP) is 2.72. The number of carbonyl (C=O) groups excluding carboxylic acids is 2. The third-order valence-corrected chi connectivity index (χ3v) is 6.75. The highest BCUT2D eigenvalue weighted by atomic mass is 35.5. The first-order chi connectivity index (χ1) is 11.9. The van der Waals surface area contributed by atoms with E-state index in [1.54, 1.807) is 0 Å². The molecule has 132 valence electrons. The number of rotatable bonds is 1. The van der Waals surface area contributed by atoms with Crippen LogP contribution in [0.1, 0.15) is 25.1 Å². The van der Waals surface area contributed by atoms with Crippen LogP contribution in [0.2, 0.25) is 5.02 Å². The number of amides is 2. The normalized spacial score (nSPS) is 22.6. The fraction of sp³-hybridized carbons (Fsp3) is 0.444. The molecule has 0 radical (unpaired) electrons. The maximum absolute atomic E-state index is 12.9. The van der Waals surface area contributed by atoms with Crippen molar-refractivity contribution in [1.82, 2.24) is 15.2 Å². The van der Waals surface area contributed by atoms with Gasteiger partial charge in [0.05, 0.1) is 15.3 Å². The van der Waals surface area contributed by atoms with Crippen molar-refractivity contribution in [2.75, 3.05) is 12.3 Å². The molecule has 2 amide bonds. The van der Waals surface area contributed by atoms with E-state index in [2.05, 4.69) is 10.3 Å². The number of H-pyrrole nitrogens is 1. The van der Waals surface area contributed by atoms with Gasteiger partial charge in [0, 0.05) is 41.9 Å². The summed E-state index contributed by atoms with van der Waals surface area (Å²) in [6.45, 7) is 4.97. The summed E-state index contributed by atoms with van der Waals surface area (Å²) in [6, 6.07) is 5.39. The summed E-state index contributed by atoms with van der Waals surface area (Å²) in [4.78, 5) is 30.3. The number of aromatic amines is 1. The molecule has 0 saturated carbocycles. The summed E-state index contributed by atoms with van der Waals surface area (Å²) < 4.78 is -0.473. The van der Waals surface area contributed by atoms with Crippen molar-refractivity contribution in [3.8, 4) is 0 Å². The van der Waals surface area contributed by atoms with Gasteiger partial charge in [-0.3, -0.25) is 9.59 Å². The number of thioether (sulfide) groups is 1. The highest BCUT2D eigenvalue weighted by Gasteiger charge is 2.39. The molecule has 0 bridgehead atoms. The molecular formula is C18H20ClN3O2S. The molecule has 0 aliphatic carbocycles. The minimum atomic E-state index is -0.473. The molecule has 3 heterocycles. The lowest BCUT2D eigenvalue weighted by molar-refractivity contribution is -0.137. The Hall–Kier alpha value is -1.66. The smallest absolute Gasteiger partial charge is 0.246 e. The van der Waals surface area contributed by atoms with Gasteiger partial charge in [-0.2, -0.15) is 0 Å². The van der Waals surface area contributed by atoms with Crippen molar-refractivity contribution in [3.63, 3.8) is 0 Å². The largest absolute Gasteiger partial charge is 0.357 e. The average Bonchev–Trinajstić information content (AvgIpc) is 2.96. The number of benzene rings is 1. The second kappa shape index (κ2) is 5.95. The Kier molecular flexibility index (Phi) is 4.00. The van der Waals surface area contributed by atoms with Gasteiger partial charge in [0.15, 0.2) is 0 Å². The zero-order valence-corrected chi connectivity index (χ0v) is 15.8. The van der Waals surface area contributed by atoms with Crippen LogP contribution in [-0.4, -0.2) is 44.8 Å². The van der Waals surface area contributed by atoms with Gasteiger partial charge in [-0.1, -0.05) is 23.7 Å². The Bertz CT molecular complexity index is 877. The van der Waals surface area contributed by atoms with Gasteiger partial charge >= 0.3 is 0 Å². The third-order valence-electron chi connectivity index (χ3n) is 5.03. The van der Waals surface area contributed by atoms with Crippen LogP contribution < -0.4 is 5.32 Å². The second-order valence-electron chi connectivity index (χ2n) is 7.10. The molecular weight excluding hydrogens is 358 g/mol. The number of para-hydroxylation sites is 1. The van der Waals surface area contributed by atoms with E-state index in [1.165, 1.54) is 11.8 Å². The summed E-state index contributed by atoms with van der Waals surface area (Å²) >= 11 is 7.82. The quantitative estimate of drug-likeness (QED) is 0.803. The lowest BCUT2D eigenvalue weighted by Crippen LogP contribution is -2.58. The zero-order valence-electron chi connectivity index (χ0n) is 14.2. The van der Waals surface area contributed by atoms with E-state index >= 15 is 0 Å². The van der Waals surface area contributed by atoms with Crippen molar-refractivity contribution in [2.24, 2.45) is 0 Å². The van der Waals surface area contributed by atoms with E-state index in [-0.39, 0.29) is 11.8 Å². The topological polar surface area (TPSA) is 65.2 Å². The Morgan fingerprint density at radius 2 is 2.20 bits per heavy atom. The first kappa shape index (κ1) is 16.8. The highest BCUT2D eigenvalue weighted by Crippen LogP contribution is 2.33. The average molecular weight is 378 g/mol. The maximum Gasteiger partial charge on any atom is 0.246 e. The van der Waals surface area contributed by atoms with Crippen molar-refractivity contribution < 1.29 is 9.59 Å². The molecule has 7 heteroatoms. The Labute approximate surface area is 155 Å². The molecule has 1 saturated heterocycles. The molecule has 2 aromatic rings. The Balaban J connectivity index is 1.56. The van der Waals surface area contributed by atoms with Crippen molar-refractivity contribution in [3.05, 3.63) is 34.5 Å². The number of carbonyl (C=O) groups is 2. The van der Waals surface area contributed by atoms with Crippen LogP contribution in [0.25, 0.3) is 10.9 Å². The summed E-state index contributed by atoms with van der Waals surface area (Å²) in [6.07, 6.45) is 0.769. The van der Waals surface area contributed by atoms with Crippen LogP contribution in [0, 0.1) is 0 Å².